The van der Waals surface area contributed by atoms with Crippen molar-refractivity contribution in [1.29, 1.82) is 5.26 Å². The molecule has 0 spiro atoms. The van der Waals surface area contributed by atoms with E-state index in [0.717, 1.165) is 37.3 Å². The first-order valence-electron chi connectivity index (χ1n) is 6.41. The number of aliphatic hydroxyl groups excluding tert-OH is 1. The van der Waals surface area contributed by atoms with Gasteiger partial charge >= 0.3 is 0 Å². The van der Waals surface area contributed by atoms with Crippen molar-refractivity contribution in [2.24, 2.45) is 0 Å². The fourth-order valence-electron chi connectivity index (χ4n) is 2.54. The zero-order valence-corrected chi connectivity index (χ0v) is 10.5. The molecular weight excluding hydrogens is 226 g/mol. The molecule has 0 unspecified atom stereocenters. The Balaban J connectivity index is 2.25. The Kier molecular flexibility index (Phi) is 4.71. The number of hydrogen-bond donors (Lipinski definition) is 2. The van der Waals surface area contributed by atoms with Gasteiger partial charge in [0.15, 0.2) is 0 Å². The van der Waals surface area contributed by atoms with Crippen LogP contribution in [-0.4, -0.2) is 42.8 Å². The van der Waals surface area contributed by atoms with Crippen LogP contribution in [-0.2, 0) is 0 Å². The lowest BCUT2D eigenvalue weighted by molar-refractivity contribution is 0.141. The molecule has 18 heavy (non-hydrogen) atoms. The van der Waals surface area contributed by atoms with Crippen LogP contribution in [0.5, 0.6) is 0 Å². The number of nitrogens with zero attached hydrogens (tertiary/aromatic N) is 2. The van der Waals surface area contributed by atoms with Crippen LogP contribution < -0.4 is 5.32 Å². The maximum atomic E-state index is 9.27. The zero-order chi connectivity index (χ0) is 12.8. The van der Waals surface area contributed by atoms with Crippen LogP contribution in [0.15, 0.2) is 24.3 Å². The summed E-state index contributed by atoms with van der Waals surface area (Å²) in [7, 11) is 0. The maximum Gasteiger partial charge on any atom is 0.0995 e. The molecule has 0 amide bonds. The Morgan fingerprint density at radius 2 is 2.06 bits per heavy atom. The quantitative estimate of drug-likeness (QED) is 0.827. The van der Waals surface area contributed by atoms with Crippen molar-refractivity contribution >= 4 is 0 Å². The summed E-state index contributed by atoms with van der Waals surface area (Å²) >= 11 is 0. The highest BCUT2D eigenvalue weighted by Gasteiger charge is 2.23. The Hall–Kier alpha value is -1.41. The van der Waals surface area contributed by atoms with E-state index in [-0.39, 0.29) is 12.6 Å². The topological polar surface area (TPSA) is 59.3 Å². The molecule has 1 fully saturated rings. The summed E-state index contributed by atoms with van der Waals surface area (Å²) in [5, 5.41) is 21.8. The lowest BCUT2D eigenvalue weighted by Crippen LogP contribution is -2.45. The molecule has 1 heterocycles. The van der Waals surface area contributed by atoms with Gasteiger partial charge in [-0.25, -0.2) is 0 Å². The second-order valence-corrected chi connectivity index (χ2v) is 4.51. The highest BCUT2D eigenvalue weighted by molar-refractivity contribution is 5.39. The van der Waals surface area contributed by atoms with E-state index in [0.29, 0.717) is 6.42 Å². The molecule has 1 aromatic rings. The monoisotopic (exact) mass is 245 g/mol. The molecule has 1 aliphatic rings. The molecule has 0 aromatic heterocycles. The molecule has 1 aromatic carbocycles. The van der Waals surface area contributed by atoms with Gasteiger partial charge in [0.25, 0.3) is 0 Å². The lowest BCUT2D eigenvalue weighted by atomic mass is 9.97. The van der Waals surface area contributed by atoms with Gasteiger partial charge in [-0.15, -0.1) is 0 Å². The van der Waals surface area contributed by atoms with Gasteiger partial charge in [-0.3, -0.25) is 4.90 Å². The molecule has 0 saturated carbocycles. The largest absolute Gasteiger partial charge is 0.396 e. The molecule has 96 valence electrons. The molecule has 2 N–H and O–H groups in total. The molecule has 1 atom stereocenters. The van der Waals surface area contributed by atoms with Gasteiger partial charge in [-0.05, 0) is 18.1 Å². The van der Waals surface area contributed by atoms with E-state index in [4.69, 9.17) is 0 Å². The van der Waals surface area contributed by atoms with Gasteiger partial charge < -0.3 is 10.4 Å². The first-order chi connectivity index (χ1) is 8.86. The van der Waals surface area contributed by atoms with Crippen molar-refractivity contribution in [3.05, 3.63) is 35.4 Å². The summed E-state index contributed by atoms with van der Waals surface area (Å²) in [5.41, 5.74) is 1.76. The Morgan fingerprint density at radius 1 is 1.33 bits per heavy atom. The van der Waals surface area contributed by atoms with Crippen molar-refractivity contribution < 1.29 is 5.11 Å². The summed E-state index contributed by atoms with van der Waals surface area (Å²) < 4.78 is 0. The van der Waals surface area contributed by atoms with Crippen molar-refractivity contribution in [2.45, 2.75) is 12.5 Å². The Bertz CT molecular complexity index is 421. The van der Waals surface area contributed by atoms with Gasteiger partial charge in [0.2, 0.25) is 0 Å². The number of rotatable bonds is 4. The first-order valence-corrected chi connectivity index (χ1v) is 6.41. The highest BCUT2D eigenvalue weighted by Crippen LogP contribution is 2.27. The standard InChI is InChI=1S/C14H19N3O/c15-11-12-3-1-2-4-13(12)14(5-10-18)17-8-6-16-7-9-17/h1-4,14,16,18H,5-10H2/t14-/m0/s1. The summed E-state index contributed by atoms with van der Waals surface area (Å²) in [6.45, 7) is 4.01. The number of hydrogen-bond acceptors (Lipinski definition) is 4. The van der Waals surface area contributed by atoms with E-state index in [1.165, 1.54) is 0 Å². The second-order valence-electron chi connectivity index (χ2n) is 4.51. The smallest absolute Gasteiger partial charge is 0.0995 e. The average molecular weight is 245 g/mol. The third kappa shape index (κ3) is 2.88. The number of piperazine rings is 1. The Morgan fingerprint density at radius 3 is 2.72 bits per heavy atom. The van der Waals surface area contributed by atoms with E-state index in [2.05, 4.69) is 16.3 Å². The van der Waals surface area contributed by atoms with Crippen LogP contribution in [0.25, 0.3) is 0 Å². The number of nitriles is 1. The maximum absolute atomic E-state index is 9.27. The molecule has 2 rings (SSSR count). The minimum Gasteiger partial charge on any atom is -0.396 e. The highest BCUT2D eigenvalue weighted by atomic mass is 16.3. The first kappa shape index (κ1) is 13.0. The normalized spacial score (nSPS) is 18.2. The van der Waals surface area contributed by atoms with Crippen LogP contribution in [0.2, 0.25) is 0 Å². The van der Waals surface area contributed by atoms with E-state index < -0.39 is 0 Å². The fourth-order valence-corrected chi connectivity index (χ4v) is 2.54. The van der Waals surface area contributed by atoms with Crippen molar-refractivity contribution in [3.63, 3.8) is 0 Å². The van der Waals surface area contributed by atoms with E-state index in [1.54, 1.807) is 0 Å². The number of aliphatic hydroxyl groups is 1. The van der Waals surface area contributed by atoms with Crippen LogP contribution in [0, 0.1) is 11.3 Å². The summed E-state index contributed by atoms with van der Waals surface area (Å²) in [6.07, 6.45) is 0.679. The summed E-state index contributed by atoms with van der Waals surface area (Å²) in [4.78, 5) is 2.35. The Labute approximate surface area is 108 Å². The minimum absolute atomic E-state index is 0.146. The summed E-state index contributed by atoms with van der Waals surface area (Å²) in [6, 6.07) is 10.1. The van der Waals surface area contributed by atoms with Crippen molar-refractivity contribution in [3.8, 4) is 6.07 Å². The minimum atomic E-state index is 0.146. The van der Waals surface area contributed by atoms with Crippen LogP contribution >= 0.6 is 0 Å². The lowest BCUT2D eigenvalue weighted by Gasteiger charge is -2.35. The van der Waals surface area contributed by atoms with Gasteiger partial charge in [0, 0.05) is 38.8 Å². The van der Waals surface area contributed by atoms with Gasteiger partial charge in [0.1, 0.15) is 0 Å². The predicted octanol–water partition coefficient (Wildman–Crippen LogP) is 0.887. The van der Waals surface area contributed by atoms with E-state index in [1.807, 2.05) is 24.3 Å². The van der Waals surface area contributed by atoms with Gasteiger partial charge in [0.05, 0.1) is 11.6 Å². The zero-order valence-electron chi connectivity index (χ0n) is 10.5. The van der Waals surface area contributed by atoms with Gasteiger partial charge in [-0.2, -0.15) is 5.26 Å². The third-order valence-corrected chi connectivity index (χ3v) is 3.44. The SMILES string of the molecule is N#Cc1ccccc1[C@H](CCO)N1CCNCC1. The molecule has 1 aliphatic heterocycles. The van der Waals surface area contributed by atoms with Crippen molar-refractivity contribution in [2.75, 3.05) is 32.8 Å². The van der Waals surface area contributed by atoms with E-state index in [9.17, 15) is 10.4 Å². The van der Waals surface area contributed by atoms with E-state index >= 15 is 0 Å². The predicted molar refractivity (Wildman–Crippen MR) is 70.0 cm³/mol. The van der Waals surface area contributed by atoms with Crippen LogP contribution in [0.1, 0.15) is 23.6 Å². The molecular formula is C14H19N3O. The van der Waals surface area contributed by atoms with Crippen LogP contribution in [0.4, 0.5) is 0 Å². The molecule has 4 heteroatoms. The van der Waals surface area contributed by atoms with Crippen molar-refractivity contribution in [1.82, 2.24) is 10.2 Å². The molecule has 1 saturated heterocycles. The van der Waals surface area contributed by atoms with Crippen LogP contribution in [0.3, 0.4) is 0 Å². The molecule has 0 radical (unpaired) electrons. The molecule has 0 aliphatic carbocycles. The average Bonchev–Trinajstić information content (AvgIpc) is 2.46. The second kappa shape index (κ2) is 6.50. The molecule has 4 nitrogen and oxygen atoms in total. The third-order valence-electron chi connectivity index (χ3n) is 3.44. The summed E-state index contributed by atoms with van der Waals surface area (Å²) in [5.74, 6) is 0. The fraction of sp³-hybridized carbons (Fsp3) is 0.500. The van der Waals surface area contributed by atoms with Gasteiger partial charge in [-0.1, -0.05) is 18.2 Å². The number of nitrogens with one attached hydrogen (secondary N) is 1. The number of benzene rings is 1. The molecule has 0 bridgehead atoms.